The minimum atomic E-state index is -1.10. The second-order valence-electron chi connectivity index (χ2n) is 4.57. The van der Waals surface area contributed by atoms with E-state index < -0.39 is 24.4 Å². The highest BCUT2D eigenvalue weighted by atomic mass is 19.1. The number of amides is 2. The molecule has 0 fully saturated rings. The number of carbonyl (C=O) groups excluding carboxylic acids is 1. The van der Waals surface area contributed by atoms with Crippen LogP contribution in [0, 0.1) is 5.82 Å². The van der Waals surface area contributed by atoms with Crippen LogP contribution in [0.4, 0.5) is 14.9 Å². The summed E-state index contributed by atoms with van der Waals surface area (Å²) in [6, 6.07) is 5.10. The Balaban J connectivity index is 3.00. The van der Waals surface area contributed by atoms with Gasteiger partial charge in [-0.05, 0) is 25.5 Å². The predicted octanol–water partition coefficient (Wildman–Crippen LogP) is 2.57. The zero-order valence-electron chi connectivity index (χ0n) is 11.8. The molecule has 0 spiro atoms. The van der Waals surface area contributed by atoms with Gasteiger partial charge in [-0.25, -0.2) is 9.18 Å². The lowest BCUT2D eigenvalue weighted by Crippen LogP contribution is -2.48. The molecule has 2 amide bonds. The summed E-state index contributed by atoms with van der Waals surface area (Å²) >= 11 is 0. The molecule has 1 aromatic rings. The van der Waals surface area contributed by atoms with Crippen molar-refractivity contribution in [2.24, 2.45) is 0 Å². The number of aliphatic carboxylic acids is 1. The fraction of sp³-hybridized carbons (Fsp3) is 0.429. The van der Waals surface area contributed by atoms with Crippen LogP contribution in [-0.4, -0.2) is 41.6 Å². The number of hydrogen-bond donors (Lipinski definition) is 1. The van der Waals surface area contributed by atoms with Crippen molar-refractivity contribution in [1.82, 2.24) is 4.90 Å². The summed E-state index contributed by atoms with van der Waals surface area (Å²) in [4.78, 5) is 25.6. The van der Waals surface area contributed by atoms with Crippen molar-refractivity contribution in [3.8, 4) is 0 Å². The molecule has 1 unspecified atom stereocenters. The van der Waals surface area contributed by atoms with Crippen LogP contribution >= 0.6 is 0 Å². The molecular weight excluding hydrogens is 263 g/mol. The van der Waals surface area contributed by atoms with Gasteiger partial charge in [0.1, 0.15) is 12.4 Å². The fourth-order valence-corrected chi connectivity index (χ4v) is 1.80. The van der Waals surface area contributed by atoms with Gasteiger partial charge in [-0.1, -0.05) is 19.1 Å². The monoisotopic (exact) mass is 282 g/mol. The van der Waals surface area contributed by atoms with Crippen molar-refractivity contribution in [3.05, 3.63) is 30.1 Å². The van der Waals surface area contributed by atoms with E-state index in [2.05, 4.69) is 0 Å². The van der Waals surface area contributed by atoms with Crippen LogP contribution in [0.1, 0.15) is 20.3 Å². The second-order valence-corrected chi connectivity index (χ2v) is 4.57. The highest BCUT2D eigenvalue weighted by molar-refractivity contribution is 5.93. The number of carboxylic acids is 1. The highest BCUT2D eigenvalue weighted by Gasteiger charge is 2.26. The number of carboxylic acid groups (broad SMARTS) is 1. The zero-order valence-corrected chi connectivity index (χ0v) is 11.8. The lowest BCUT2D eigenvalue weighted by molar-refractivity contribution is -0.138. The molecule has 0 saturated heterocycles. The number of rotatable bonds is 5. The number of para-hydroxylation sites is 1. The molecule has 0 aliphatic rings. The molecule has 0 bridgehead atoms. The van der Waals surface area contributed by atoms with Crippen molar-refractivity contribution >= 4 is 17.7 Å². The summed E-state index contributed by atoms with van der Waals surface area (Å²) in [6.07, 6.45) is 0.615. The third-order valence-electron chi connectivity index (χ3n) is 3.17. The minimum absolute atomic E-state index is 0.121. The summed E-state index contributed by atoms with van der Waals surface area (Å²) < 4.78 is 13.7. The number of urea groups is 1. The molecule has 0 radical (unpaired) electrons. The van der Waals surface area contributed by atoms with Gasteiger partial charge in [0.05, 0.1) is 5.69 Å². The smallest absolute Gasteiger partial charge is 0.325 e. The lowest BCUT2D eigenvalue weighted by Gasteiger charge is -2.31. The molecular formula is C14H19FN2O3. The van der Waals surface area contributed by atoms with Crippen LogP contribution in [-0.2, 0) is 4.79 Å². The Hall–Kier alpha value is -2.11. The average Bonchev–Trinajstić information content (AvgIpc) is 2.42. The van der Waals surface area contributed by atoms with Gasteiger partial charge in [-0.15, -0.1) is 0 Å². The van der Waals surface area contributed by atoms with E-state index in [1.807, 2.05) is 6.92 Å². The molecule has 0 heterocycles. The molecule has 1 N–H and O–H groups in total. The maximum atomic E-state index is 13.7. The van der Waals surface area contributed by atoms with Gasteiger partial charge in [-0.3, -0.25) is 9.69 Å². The van der Waals surface area contributed by atoms with Gasteiger partial charge in [0.2, 0.25) is 0 Å². The molecule has 20 heavy (non-hydrogen) atoms. The van der Waals surface area contributed by atoms with Crippen LogP contribution in [0.3, 0.4) is 0 Å². The minimum Gasteiger partial charge on any atom is -0.480 e. The largest absolute Gasteiger partial charge is 0.480 e. The Kier molecular flexibility index (Phi) is 5.49. The summed E-state index contributed by atoms with van der Waals surface area (Å²) in [5.41, 5.74) is 0.121. The molecule has 0 saturated carbocycles. The van der Waals surface area contributed by atoms with Crippen molar-refractivity contribution < 1.29 is 19.1 Å². The van der Waals surface area contributed by atoms with Crippen LogP contribution in [0.15, 0.2) is 24.3 Å². The lowest BCUT2D eigenvalue weighted by atomic mass is 10.2. The number of halogens is 1. The van der Waals surface area contributed by atoms with Crippen molar-refractivity contribution in [2.45, 2.75) is 26.3 Å². The molecule has 1 atom stereocenters. The summed E-state index contributed by atoms with van der Waals surface area (Å²) in [6.45, 7) is 3.21. The maximum Gasteiger partial charge on any atom is 0.325 e. The Morgan fingerprint density at radius 2 is 1.95 bits per heavy atom. The quantitative estimate of drug-likeness (QED) is 0.903. The first-order chi connectivity index (χ1) is 9.38. The molecule has 0 aliphatic heterocycles. The van der Waals surface area contributed by atoms with Gasteiger partial charge < -0.3 is 10.0 Å². The van der Waals surface area contributed by atoms with Crippen molar-refractivity contribution in [1.29, 1.82) is 0 Å². The SMILES string of the molecule is CCC(C)N(CC(=O)O)C(=O)N(C)c1ccccc1F. The first-order valence-corrected chi connectivity index (χ1v) is 6.39. The highest BCUT2D eigenvalue weighted by Crippen LogP contribution is 2.19. The maximum absolute atomic E-state index is 13.7. The molecule has 0 aromatic heterocycles. The zero-order chi connectivity index (χ0) is 15.3. The second kappa shape index (κ2) is 6.88. The number of hydrogen-bond acceptors (Lipinski definition) is 2. The number of benzene rings is 1. The van der Waals surface area contributed by atoms with Crippen LogP contribution in [0.25, 0.3) is 0 Å². The summed E-state index contributed by atoms with van der Waals surface area (Å²) in [5.74, 6) is -1.62. The van der Waals surface area contributed by atoms with Gasteiger partial charge in [0.25, 0.3) is 0 Å². The summed E-state index contributed by atoms with van der Waals surface area (Å²) in [5, 5.41) is 8.90. The molecule has 6 heteroatoms. The average molecular weight is 282 g/mol. The van der Waals surface area contributed by atoms with E-state index in [0.717, 1.165) is 4.90 Å². The van der Waals surface area contributed by atoms with Gasteiger partial charge >= 0.3 is 12.0 Å². The summed E-state index contributed by atoms with van der Waals surface area (Å²) in [7, 11) is 1.43. The van der Waals surface area contributed by atoms with Crippen molar-refractivity contribution in [2.75, 3.05) is 18.5 Å². The van der Waals surface area contributed by atoms with E-state index in [0.29, 0.717) is 6.42 Å². The van der Waals surface area contributed by atoms with Crippen LogP contribution in [0.2, 0.25) is 0 Å². The normalized spacial score (nSPS) is 11.8. The van der Waals surface area contributed by atoms with E-state index in [1.165, 1.54) is 30.1 Å². The Labute approximate surface area is 117 Å². The first kappa shape index (κ1) is 15.9. The molecule has 5 nitrogen and oxygen atoms in total. The third-order valence-corrected chi connectivity index (χ3v) is 3.17. The Morgan fingerprint density at radius 1 is 1.35 bits per heavy atom. The topological polar surface area (TPSA) is 60.9 Å². The van der Waals surface area contributed by atoms with E-state index in [9.17, 15) is 14.0 Å². The van der Waals surface area contributed by atoms with Crippen LogP contribution < -0.4 is 4.90 Å². The van der Waals surface area contributed by atoms with Crippen LogP contribution in [0.5, 0.6) is 0 Å². The fourth-order valence-electron chi connectivity index (χ4n) is 1.80. The van der Waals surface area contributed by atoms with E-state index >= 15 is 0 Å². The van der Waals surface area contributed by atoms with Gasteiger partial charge in [-0.2, -0.15) is 0 Å². The number of nitrogens with zero attached hydrogens (tertiary/aromatic N) is 2. The van der Waals surface area contributed by atoms with Gasteiger partial charge in [0, 0.05) is 13.1 Å². The van der Waals surface area contributed by atoms with Crippen molar-refractivity contribution in [3.63, 3.8) is 0 Å². The van der Waals surface area contributed by atoms with Gasteiger partial charge in [0.15, 0.2) is 0 Å². The predicted molar refractivity (Wildman–Crippen MR) is 74.3 cm³/mol. The molecule has 1 rings (SSSR count). The van der Waals surface area contributed by atoms with E-state index in [1.54, 1.807) is 13.0 Å². The van der Waals surface area contributed by atoms with E-state index in [-0.39, 0.29) is 11.7 Å². The molecule has 110 valence electrons. The third kappa shape index (κ3) is 3.69. The molecule has 1 aromatic carbocycles. The number of anilines is 1. The first-order valence-electron chi connectivity index (χ1n) is 6.39. The number of carbonyl (C=O) groups is 2. The standard InChI is InChI=1S/C14H19FN2O3/c1-4-10(2)17(9-13(18)19)14(20)16(3)12-8-6-5-7-11(12)15/h5-8,10H,4,9H2,1-3H3,(H,18,19). The Bertz CT molecular complexity index is 493. The Morgan fingerprint density at radius 3 is 2.45 bits per heavy atom. The molecule has 0 aliphatic carbocycles. The van der Waals surface area contributed by atoms with E-state index in [4.69, 9.17) is 5.11 Å².